The van der Waals surface area contributed by atoms with Gasteiger partial charge in [0.05, 0.1) is 17.1 Å². The number of rotatable bonds is 5. The zero-order chi connectivity index (χ0) is 43.9. The summed E-state index contributed by atoms with van der Waals surface area (Å²) >= 11 is 5.63. The number of para-hydroxylation sites is 4. The Bertz CT molecular complexity index is 3420. The van der Waals surface area contributed by atoms with E-state index in [2.05, 4.69) is 195 Å². The standard InChI is InChI=1S/C56H42N5OS3.Pt/c1-55(2,3)33-20-23-41-40(26-33)39-22-21-38(31-44(39)60(41)51-27-34(24-25-57-51)56(4,5)6)62-37-13-9-12-35(28-37)58-32-59(43-15-8-7-14-42(43)58)36-29-49-54-50(30-36)65-48-19-11-17-46-53(48)61(54)52-45(63-46)16-10-18-47(52)64-49;/h7-27,29-30,32H,1-6H3;/q-3;. The van der Waals surface area contributed by atoms with Crippen LogP contribution in [0.4, 0.5) is 39.8 Å². The zero-order valence-corrected chi connectivity index (χ0v) is 41.8. The van der Waals surface area contributed by atoms with Crippen LogP contribution in [-0.2, 0) is 31.9 Å². The van der Waals surface area contributed by atoms with Crippen LogP contribution in [0, 0.1) is 18.8 Å². The predicted octanol–water partition coefficient (Wildman–Crippen LogP) is 16.4. The quantitative estimate of drug-likeness (QED) is 0.158. The number of anilines is 7. The van der Waals surface area contributed by atoms with Crippen molar-refractivity contribution in [3.8, 4) is 17.3 Å². The second-order valence-corrected chi connectivity index (χ2v) is 22.3. The first kappa shape index (κ1) is 41.8. The number of fused-ring (bicyclic) bond motifs is 4. The molecule has 6 heterocycles. The van der Waals surface area contributed by atoms with Gasteiger partial charge in [-0.05, 0) is 94.1 Å². The zero-order valence-electron chi connectivity index (χ0n) is 37.0. The van der Waals surface area contributed by atoms with E-state index in [1.54, 1.807) is 0 Å². The molecule has 9 aromatic rings. The van der Waals surface area contributed by atoms with Gasteiger partial charge in [-0.15, -0.1) is 48.1 Å². The molecule has 0 aliphatic carbocycles. The average molecular weight is 1090 g/mol. The van der Waals surface area contributed by atoms with Gasteiger partial charge in [0.2, 0.25) is 0 Å². The summed E-state index contributed by atoms with van der Waals surface area (Å²) in [5.74, 6) is 2.08. The van der Waals surface area contributed by atoms with Gasteiger partial charge in [-0.3, -0.25) is 0 Å². The SMILES string of the molecule is CC(C)(C)c1ccnc(-n2c3[c-]c(Oc4[c-]c(N5[CH-]N(c6cc7c8c(c6)Sc6cccc9c6N8c6c(cccc6S7)S9)c6ccccc65)ccc4)ccc3c3cc(C(C)(C)C)ccc32)c1.[Pt]. The van der Waals surface area contributed by atoms with Gasteiger partial charge >= 0.3 is 0 Å². The molecule has 0 N–H and O–H groups in total. The molecule has 0 bridgehead atoms. The Morgan fingerprint density at radius 3 is 1.80 bits per heavy atom. The minimum Gasteiger partial charge on any atom is -0.509 e. The summed E-state index contributed by atoms with van der Waals surface area (Å²) in [6.45, 7) is 15.7. The van der Waals surface area contributed by atoms with Crippen LogP contribution in [0.2, 0.25) is 0 Å². The van der Waals surface area contributed by atoms with Crippen molar-refractivity contribution in [2.24, 2.45) is 0 Å². The molecule has 0 amide bonds. The maximum Gasteiger partial charge on any atom is 0.135 e. The molecule has 0 atom stereocenters. The van der Waals surface area contributed by atoms with Crippen LogP contribution in [0.3, 0.4) is 0 Å². The number of pyridine rings is 1. The molecular weight excluding hydrogens is 1050 g/mol. The van der Waals surface area contributed by atoms with Crippen LogP contribution >= 0.6 is 35.3 Å². The third-order valence-electron chi connectivity index (χ3n) is 12.8. The molecule has 0 saturated heterocycles. The number of nitrogens with zero attached hydrogens (tertiary/aromatic N) is 5. The van der Waals surface area contributed by atoms with Crippen molar-refractivity contribution < 1.29 is 25.8 Å². The van der Waals surface area contributed by atoms with E-state index in [1.165, 1.54) is 62.9 Å². The number of hydrogen-bond donors (Lipinski definition) is 0. The van der Waals surface area contributed by atoms with Crippen molar-refractivity contribution in [1.82, 2.24) is 9.55 Å². The van der Waals surface area contributed by atoms with Crippen LogP contribution in [0.25, 0.3) is 27.6 Å². The largest absolute Gasteiger partial charge is 0.509 e. The molecule has 7 aromatic carbocycles. The average Bonchev–Trinajstić information content (AvgIpc) is 3.84. The molecule has 66 heavy (non-hydrogen) atoms. The fourth-order valence-corrected chi connectivity index (χ4v) is 13.1. The molecular formula is C56H42N5OPtS3-3. The second kappa shape index (κ2) is 15.2. The molecule has 0 saturated carbocycles. The Kier molecular flexibility index (Phi) is 9.65. The van der Waals surface area contributed by atoms with Crippen molar-refractivity contribution in [3.05, 3.63) is 170 Å². The van der Waals surface area contributed by atoms with Crippen LogP contribution in [-0.4, -0.2) is 9.55 Å². The van der Waals surface area contributed by atoms with E-state index in [9.17, 15) is 0 Å². The van der Waals surface area contributed by atoms with E-state index in [4.69, 9.17) is 9.72 Å². The molecule has 0 fully saturated rings. The summed E-state index contributed by atoms with van der Waals surface area (Å²) in [4.78, 5) is 19.7. The Morgan fingerprint density at radius 1 is 0.545 bits per heavy atom. The van der Waals surface area contributed by atoms with Gasteiger partial charge in [-0.2, -0.15) is 12.1 Å². The summed E-state index contributed by atoms with van der Waals surface area (Å²) in [6.07, 6.45) is 1.92. The fourth-order valence-electron chi connectivity index (χ4n) is 9.51. The number of aromatic nitrogens is 2. The van der Waals surface area contributed by atoms with E-state index >= 15 is 0 Å². The molecule has 10 heteroatoms. The van der Waals surface area contributed by atoms with E-state index in [0.717, 1.165) is 45.0 Å². The monoisotopic (exact) mass is 1090 g/mol. The van der Waals surface area contributed by atoms with Crippen LogP contribution in [0.5, 0.6) is 11.5 Å². The number of ether oxygens (including phenoxy) is 1. The van der Waals surface area contributed by atoms with Crippen molar-refractivity contribution in [1.29, 1.82) is 0 Å². The molecule has 2 aromatic heterocycles. The van der Waals surface area contributed by atoms with Gasteiger partial charge in [0.15, 0.2) is 0 Å². The summed E-state index contributed by atoms with van der Waals surface area (Å²) in [5, 5.41) is 2.27. The third-order valence-corrected chi connectivity index (χ3v) is 16.0. The fraction of sp³-hybridized carbons (Fsp3) is 0.143. The van der Waals surface area contributed by atoms with E-state index < -0.39 is 0 Å². The van der Waals surface area contributed by atoms with Crippen molar-refractivity contribution in [2.75, 3.05) is 14.7 Å². The molecule has 4 aliphatic rings. The maximum atomic E-state index is 6.70. The molecule has 328 valence electrons. The Labute approximate surface area is 412 Å². The van der Waals surface area contributed by atoms with E-state index in [-0.39, 0.29) is 31.9 Å². The topological polar surface area (TPSA) is 36.8 Å². The van der Waals surface area contributed by atoms with Crippen molar-refractivity contribution in [3.63, 3.8) is 0 Å². The molecule has 4 aliphatic heterocycles. The summed E-state index contributed by atoms with van der Waals surface area (Å²) in [7, 11) is 0. The Morgan fingerprint density at radius 2 is 1.14 bits per heavy atom. The predicted molar refractivity (Wildman–Crippen MR) is 269 cm³/mol. The van der Waals surface area contributed by atoms with E-state index in [1.807, 2.05) is 59.7 Å². The van der Waals surface area contributed by atoms with Crippen molar-refractivity contribution >= 4 is 96.9 Å². The summed E-state index contributed by atoms with van der Waals surface area (Å²) in [5.41, 5.74) is 12.5. The molecule has 0 spiro atoms. The maximum absolute atomic E-state index is 6.70. The van der Waals surface area contributed by atoms with Crippen LogP contribution in [0.1, 0.15) is 52.7 Å². The van der Waals surface area contributed by atoms with Crippen molar-refractivity contribution in [2.45, 2.75) is 81.7 Å². The number of hydrogen-bond acceptors (Lipinski definition) is 8. The first-order valence-corrected chi connectivity index (χ1v) is 24.4. The minimum atomic E-state index is -0.0320. The van der Waals surface area contributed by atoms with Gasteiger partial charge in [0.25, 0.3) is 0 Å². The number of benzene rings is 7. The molecule has 0 radical (unpaired) electrons. The Hall–Kier alpha value is -5.57. The third kappa shape index (κ3) is 6.56. The molecule has 6 nitrogen and oxygen atoms in total. The summed E-state index contributed by atoms with van der Waals surface area (Å²) in [6, 6.07) is 55.4. The van der Waals surface area contributed by atoms with Gasteiger partial charge in [0, 0.05) is 90.7 Å². The molecule has 13 rings (SSSR count). The van der Waals surface area contributed by atoms with Gasteiger partial charge in [0.1, 0.15) is 5.82 Å². The normalized spacial score (nSPS) is 14.4. The van der Waals surface area contributed by atoms with Gasteiger partial charge < -0.3 is 24.0 Å². The first-order chi connectivity index (χ1) is 31.4. The van der Waals surface area contributed by atoms with Gasteiger partial charge in [-0.25, -0.2) is 4.98 Å². The smallest absolute Gasteiger partial charge is 0.135 e. The minimum absolute atomic E-state index is 0. The van der Waals surface area contributed by atoms with Crippen LogP contribution in [0.15, 0.2) is 169 Å². The van der Waals surface area contributed by atoms with Crippen LogP contribution < -0.4 is 19.4 Å². The van der Waals surface area contributed by atoms with Gasteiger partial charge in [-0.1, -0.05) is 119 Å². The first-order valence-electron chi connectivity index (χ1n) is 21.9. The summed E-state index contributed by atoms with van der Waals surface area (Å²) < 4.78 is 8.93. The second-order valence-electron chi connectivity index (χ2n) is 19.0. The van der Waals surface area contributed by atoms with E-state index in [0.29, 0.717) is 11.5 Å². The Balaban J connectivity index is 0.00000456. The molecule has 0 unspecified atom stereocenters.